The minimum absolute atomic E-state index is 0.194. The summed E-state index contributed by atoms with van der Waals surface area (Å²) < 4.78 is 5.45. The number of unbranched alkanes of at least 4 members (excludes halogenated alkanes) is 1. The first-order valence-corrected chi connectivity index (χ1v) is 9.00. The molecule has 3 atom stereocenters. The first kappa shape index (κ1) is 19.3. The molecule has 1 aliphatic rings. The predicted molar refractivity (Wildman–Crippen MR) is 91.8 cm³/mol. The van der Waals surface area contributed by atoms with Gasteiger partial charge in [-0.15, -0.1) is 0 Å². The van der Waals surface area contributed by atoms with E-state index in [1.54, 1.807) is 0 Å². The predicted octanol–water partition coefficient (Wildman–Crippen LogP) is 4.18. The van der Waals surface area contributed by atoms with Gasteiger partial charge in [0.1, 0.15) is 5.60 Å². The van der Waals surface area contributed by atoms with Crippen molar-refractivity contribution in [2.45, 2.75) is 84.8 Å². The van der Waals surface area contributed by atoms with Crippen LogP contribution in [-0.2, 0) is 4.74 Å². The number of nitrogens with two attached hydrogens (primary N) is 1. The van der Waals surface area contributed by atoms with Gasteiger partial charge >= 0.3 is 6.09 Å². The van der Waals surface area contributed by atoms with E-state index >= 15 is 0 Å². The number of hydrogen-bond acceptors (Lipinski definition) is 3. The molecule has 0 aromatic heterocycles. The second-order valence-electron chi connectivity index (χ2n) is 7.79. The lowest BCUT2D eigenvalue weighted by Gasteiger charge is -2.26. The van der Waals surface area contributed by atoms with E-state index in [1.807, 2.05) is 25.7 Å². The second kappa shape index (κ2) is 8.76. The zero-order valence-electron chi connectivity index (χ0n) is 15.2. The summed E-state index contributed by atoms with van der Waals surface area (Å²) in [5, 5.41) is 0. The highest BCUT2D eigenvalue weighted by atomic mass is 16.6. The molecule has 4 heteroatoms. The minimum atomic E-state index is -0.426. The van der Waals surface area contributed by atoms with Crippen molar-refractivity contribution >= 4 is 6.09 Å². The fourth-order valence-corrected chi connectivity index (χ4v) is 3.19. The van der Waals surface area contributed by atoms with Crippen molar-refractivity contribution in [1.29, 1.82) is 0 Å². The van der Waals surface area contributed by atoms with Crippen LogP contribution < -0.4 is 5.73 Å². The SMILES string of the molecule is CCCCC(CC)CC(N)C1CCN(C(=O)OC(C)(C)C)C1. The van der Waals surface area contributed by atoms with Gasteiger partial charge in [0.2, 0.25) is 0 Å². The number of amides is 1. The molecule has 4 nitrogen and oxygen atoms in total. The lowest BCUT2D eigenvalue weighted by atomic mass is 9.86. The van der Waals surface area contributed by atoms with Crippen molar-refractivity contribution in [2.24, 2.45) is 17.6 Å². The van der Waals surface area contributed by atoms with Gasteiger partial charge in [-0.05, 0) is 45.4 Å². The summed E-state index contributed by atoms with van der Waals surface area (Å²) in [7, 11) is 0. The van der Waals surface area contributed by atoms with E-state index in [-0.39, 0.29) is 12.1 Å². The third-order valence-electron chi connectivity index (χ3n) is 4.63. The molecule has 1 aliphatic heterocycles. The normalized spacial score (nSPS) is 21.7. The Kier molecular flexibility index (Phi) is 7.67. The van der Waals surface area contributed by atoms with Gasteiger partial charge in [-0.2, -0.15) is 0 Å². The summed E-state index contributed by atoms with van der Waals surface area (Å²) in [6, 6.07) is 0.203. The van der Waals surface area contributed by atoms with E-state index in [9.17, 15) is 4.79 Å². The molecule has 130 valence electrons. The molecule has 0 saturated carbocycles. The van der Waals surface area contributed by atoms with Crippen molar-refractivity contribution < 1.29 is 9.53 Å². The third-order valence-corrected chi connectivity index (χ3v) is 4.63. The summed E-state index contributed by atoms with van der Waals surface area (Å²) in [6.45, 7) is 11.7. The number of likely N-dealkylation sites (tertiary alicyclic amines) is 1. The zero-order valence-corrected chi connectivity index (χ0v) is 15.2. The van der Waals surface area contributed by atoms with Crippen molar-refractivity contribution in [1.82, 2.24) is 4.90 Å². The monoisotopic (exact) mass is 312 g/mol. The number of hydrogen-bond donors (Lipinski definition) is 1. The Morgan fingerprint density at radius 2 is 2.05 bits per heavy atom. The van der Waals surface area contributed by atoms with Crippen LogP contribution in [0.1, 0.15) is 73.1 Å². The fourth-order valence-electron chi connectivity index (χ4n) is 3.19. The number of ether oxygens (including phenoxy) is 1. The third kappa shape index (κ3) is 6.55. The van der Waals surface area contributed by atoms with Gasteiger partial charge in [-0.3, -0.25) is 0 Å². The van der Waals surface area contributed by atoms with Crippen molar-refractivity contribution in [3.05, 3.63) is 0 Å². The van der Waals surface area contributed by atoms with Gasteiger partial charge < -0.3 is 15.4 Å². The van der Waals surface area contributed by atoms with Crippen LogP contribution in [0.15, 0.2) is 0 Å². The highest BCUT2D eigenvalue weighted by Gasteiger charge is 2.33. The topological polar surface area (TPSA) is 55.6 Å². The number of nitrogens with zero attached hydrogens (tertiary/aromatic N) is 1. The van der Waals surface area contributed by atoms with Gasteiger partial charge in [0, 0.05) is 19.1 Å². The summed E-state index contributed by atoms with van der Waals surface area (Å²) in [6.07, 6.45) is 6.93. The molecule has 1 rings (SSSR count). The Balaban J connectivity index is 2.42. The molecule has 0 radical (unpaired) electrons. The number of carbonyl (C=O) groups excluding carboxylic acids is 1. The quantitative estimate of drug-likeness (QED) is 0.767. The van der Waals surface area contributed by atoms with E-state index in [0.29, 0.717) is 5.92 Å². The number of rotatable bonds is 7. The first-order chi connectivity index (χ1) is 10.3. The summed E-state index contributed by atoms with van der Waals surface area (Å²) in [5.74, 6) is 1.15. The molecule has 1 fully saturated rings. The van der Waals surface area contributed by atoms with Gasteiger partial charge in [0.15, 0.2) is 0 Å². The molecule has 1 heterocycles. The van der Waals surface area contributed by atoms with E-state index in [2.05, 4.69) is 13.8 Å². The molecule has 3 unspecified atom stereocenters. The van der Waals surface area contributed by atoms with Crippen molar-refractivity contribution in [2.75, 3.05) is 13.1 Å². The average molecular weight is 312 g/mol. The molecule has 0 aromatic carbocycles. The molecule has 1 saturated heterocycles. The highest BCUT2D eigenvalue weighted by molar-refractivity contribution is 5.68. The zero-order chi connectivity index (χ0) is 16.8. The van der Waals surface area contributed by atoms with E-state index in [4.69, 9.17) is 10.5 Å². The first-order valence-electron chi connectivity index (χ1n) is 9.00. The van der Waals surface area contributed by atoms with Gasteiger partial charge in [0.25, 0.3) is 0 Å². The summed E-state index contributed by atoms with van der Waals surface area (Å²) in [5.41, 5.74) is 6.01. The van der Waals surface area contributed by atoms with E-state index in [0.717, 1.165) is 31.8 Å². The maximum Gasteiger partial charge on any atom is 0.410 e. The van der Waals surface area contributed by atoms with Crippen LogP contribution in [0.5, 0.6) is 0 Å². The molecular formula is C18H36N2O2. The van der Waals surface area contributed by atoms with Gasteiger partial charge in [-0.25, -0.2) is 4.79 Å². The highest BCUT2D eigenvalue weighted by Crippen LogP contribution is 2.26. The van der Waals surface area contributed by atoms with Crippen LogP contribution in [-0.4, -0.2) is 35.7 Å². The molecule has 22 heavy (non-hydrogen) atoms. The van der Waals surface area contributed by atoms with Crippen molar-refractivity contribution in [3.63, 3.8) is 0 Å². The van der Waals surface area contributed by atoms with Crippen LogP contribution in [0.4, 0.5) is 4.79 Å². The van der Waals surface area contributed by atoms with Crippen LogP contribution in [0.3, 0.4) is 0 Å². The number of carbonyl (C=O) groups is 1. The molecule has 0 bridgehead atoms. The smallest absolute Gasteiger partial charge is 0.410 e. The maximum absolute atomic E-state index is 12.1. The second-order valence-corrected chi connectivity index (χ2v) is 7.79. The Hall–Kier alpha value is -0.770. The average Bonchev–Trinajstić information content (AvgIpc) is 2.91. The fraction of sp³-hybridized carbons (Fsp3) is 0.944. The largest absolute Gasteiger partial charge is 0.444 e. The Morgan fingerprint density at radius 1 is 1.36 bits per heavy atom. The Bertz CT molecular complexity index is 338. The summed E-state index contributed by atoms with van der Waals surface area (Å²) >= 11 is 0. The van der Waals surface area contributed by atoms with E-state index in [1.165, 1.54) is 25.7 Å². The molecular weight excluding hydrogens is 276 g/mol. The van der Waals surface area contributed by atoms with Crippen LogP contribution in [0.2, 0.25) is 0 Å². The van der Waals surface area contributed by atoms with Crippen LogP contribution >= 0.6 is 0 Å². The maximum atomic E-state index is 12.1. The van der Waals surface area contributed by atoms with Crippen molar-refractivity contribution in [3.8, 4) is 0 Å². The molecule has 0 spiro atoms. The molecule has 1 amide bonds. The van der Waals surface area contributed by atoms with Crippen LogP contribution in [0.25, 0.3) is 0 Å². The summed E-state index contributed by atoms with van der Waals surface area (Å²) in [4.78, 5) is 13.9. The molecule has 2 N–H and O–H groups in total. The Labute approximate surface area is 136 Å². The lowest BCUT2D eigenvalue weighted by molar-refractivity contribution is 0.0286. The van der Waals surface area contributed by atoms with Gasteiger partial charge in [0.05, 0.1) is 0 Å². The minimum Gasteiger partial charge on any atom is -0.444 e. The van der Waals surface area contributed by atoms with E-state index < -0.39 is 5.60 Å². The molecule has 0 aliphatic carbocycles. The van der Waals surface area contributed by atoms with Crippen LogP contribution in [0, 0.1) is 11.8 Å². The Morgan fingerprint density at radius 3 is 2.59 bits per heavy atom. The molecule has 0 aromatic rings. The standard InChI is InChI=1S/C18H36N2O2/c1-6-8-9-14(7-2)12-16(19)15-10-11-20(13-15)17(21)22-18(3,4)5/h14-16H,6-13,19H2,1-5H3. The van der Waals surface area contributed by atoms with Gasteiger partial charge in [-0.1, -0.05) is 39.5 Å². The lowest BCUT2D eigenvalue weighted by Crippen LogP contribution is -2.38.